The summed E-state index contributed by atoms with van der Waals surface area (Å²) in [6, 6.07) is 0. The molecule has 0 N–H and O–H groups in total. The van der Waals surface area contributed by atoms with E-state index in [4.69, 9.17) is 0 Å². The predicted molar refractivity (Wildman–Crippen MR) is 80.8 cm³/mol. The Morgan fingerprint density at radius 1 is 0.600 bits per heavy atom. The van der Waals surface area contributed by atoms with Crippen LogP contribution in [0.2, 0.25) is 0 Å². The Hall–Kier alpha value is -0.880. The molecule has 1 aromatic rings. The standard InChI is InChI=1S/C14H22O4S2/c1-7-19(15,16)13-9(3)11(5)14(12(6)10(13)4)20(17,18)8-2/h7-8H2,1-6H3. The van der Waals surface area contributed by atoms with Crippen molar-refractivity contribution < 1.29 is 16.8 Å². The zero-order chi connectivity index (χ0) is 15.9. The van der Waals surface area contributed by atoms with Crippen molar-refractivity contribution in [3.8, 4) is 0 Å². The number of benzene rings is 1. The summed E-state index contributed by atoms with van der Waals surface area (Å²) >= 11 is 0. The quantitative estimate of drug-likeness (QED) is 0.855. The molecule has 6 heteroatoms. The summed E-state index contributed by atoms with van der Waals surface area (Å²) in [6.07, 6.45) is 0. The summed E-state index contributed by atoms with van der Waals surface area (Å²) in [6.45, 7) is 9.90. The van der Waals surface area contributed by atoms with Crippen LogP contribution in [0.5, 0.6) is 0 Å². The Kier molecular flexibility index (Phi) is 4.71. The lowest BCUT2D eigenvalue weighted by molar-refractivity contribution is 0.590. The molecule has 0 amide bonds. The Labute approximate surface area is 122 Å². The van der Waals surface area contributed by atoms with Gasteiger partial charge < -0.3 is 0 Å². The fourth-order valence-corrected chi connectivity index (χ4v) is 5.52. The van der Waals surface area contributed by atoms with Gasteiger partial charge in [0.15, 0.2) is 19.7 Å². The van der Waals surface area contributed by atoms with Crippen molar-refractivity contribution in [2.75, 3.05) is 11.5 Å². The van der Waals surface area contributed by atoms with Crippen LogP contribution in [0, 0.1) is 27.7 Å². The maximum absolute atomic E-state index is 12.2. The van der Waals surface area contributed by atoms with Crippen LogP contribution in [0.15, 0.2) is 9.79 Å². The van der Waals surface area contributed by atoms with Crippen LogP contribution in [-0.4, -0.2) is 28.3 Å². The van der Waals surface area contributed by atoms with Gasteiger partial charge in [-0.3, -0.25) is 0 Å². The first kappa shape index (κ1) is 17.2. The molecule has 1 aromatic carbocycles. The molecule has 0 saturated carbocycles. The molecule has 0 aliphatic carbocycles. The highest BCUT2D eigenvalue weighted by molar-refractivity contribution is 7.92. The maximum Gasteiger partial charge on any atom is 0.178 e. The average Bonchev–Trinajstić information content (AvgIpc) is 2.36. The minimum absolute atomic E-state index is 0.00738. The van der Waals surface area contributed by atoms with Gasteiger partial charge in [0.1, 0.15) is 0 Å². The van der Waals surface area contributed by atoms with Gasteiger partial charge in [0.25, 0.3) is 0 Å². The monoisotopic (exact) mass is 318 g/mol. The molecule has 0 heterocycles. The largest absolute Gasteiger partial charge is 0.224 e. The van der Waals surface area contributed by atoms with Crippen LogP contribution < -0.4 is 0 Å². The summed E-state index contributed by atoms with van der Waals surface area (Å²) in [5, 5.41) is 0. The van der Waals surface area contributed by atoms with E-state index in [2.05, 4.69) is 0 Å². The third-order valence-corrected chi connectivity index (χ3v) is 7.86. The number of hydrogen-bond donors (Lipinski definition) is 0. The minimum atomic E-state index is -3.37. The van der Waals surface area contributed by atoms with Gasteiger partial charge >= 0.3 is 0 Å². The molecular formula is C14H22O4S2. The summed E-state index contributed by atoms with van der Waals surface area (Å²) < 4.78 is 48.9. The van der Waals surface area contributed by atoms with Crippen molar-refractivity contribution in [1.82, 2.24) is 0 Å². The van der Waals surface area contributed by atoms with Gasteiger partial charge in [0.05, 0.1) is 21.3 Å². The van der Waals surface area contributed by atoms with Crippen LogP contribution in [0.25, 0.3) is 0 Å². The SMILES string of the molecule is CCS(=O)(=O)c1c(C)c(C)c(S(=O)(=O)CC)c(C)c1C. The van der Waals surface area contributed by atoms with E-state index < -0.39 is 19.7 Å². The highest BCUT2D eigenvalue weighted by Crippen LogP contribution is 2.33. The molecule has 0 fully saturated rings. The molecule has 0 aliphatic rings. The van der Waals surface area contributed by atoms with E-state index in [1.54, 1.807) is 41.5 Å². The van der Waals surface area contributed by atoms with E-state index in [0.29, 0.717) is 22.3 Å². The van der Waals surface area contributed by atoms with Crippen molar-refractivity contribution in [1.29, 1.82) is 0 Å². The average molecular weight is 318 g/mol. The highest BCUT2D eigenvalue weighted by atomic mass is 32.2. The lowest BCUT2D eigenvalue weighted by Gasteiger charge is -2.19. The van der Waals surface area contributed by atoms with Crippen molar-refractivity contribution in [2.24, 2.45) is 0 Å². The number of hydrogen-bond acceptors (Lipinski definition) is 4. The molecule has 0 unspecified atom stereocenters. The molecule has 4 nitrogen and oxygen atoms in total. The van der Waals surface area contributed by atoms with Crippen LogP contribution in [0.3, 0.4) is 0 Å². The summed E-state index contributed by atoms with van der Waals surface area (Å²) in [5.41, 5.74) is 2.17. The lowest BCUT2D eigenvalue weighted by atomic mass is 10.0. The van der Waals surface area contributed by atoms with E-state index in [9.17, 15) is 16.8 Å². The zero-order valence-electron chi connectivity index (χ0n) is 12.9. The lowest BCUT2D eigenvalue weighted by Crippen LogP contribution is -2.16. The summed E-state index contributed by atoms with van der Waals surface area (Å²) in [7, 11) is -6.74. The Bertz CT molecular complexity index is 648. The predicted octanol–water partition coefficient (Wildman–Crippen LogP) is 2.51. The molecule has 0 radical (unpaired) electrons. The molecule has 0 bridgehead atoms. The second kappa shape index (κ2) is 5.48. The first-order valence-electron chi connectivity index (χ1n) is 6.57. The third kappa shape index (κ3) is 2.63. The molecule has 0 saturated heterocycles. The van der Waals surface area contributed by atoms with Gasteiger partial charge in [-0.1, -0.05) is 13.8 Å². The molecule has 0 aliphatic heterocycles. The fourth-order valence-electron chi connectivity index (χ4n) is 2.47. The van der Waals surface area contributed by atoms with Gasteiger partial charge in [-0.05, 0) is 49.9 Å². The highest BCUT2D eigenvalue weighted by Gasteiger charge is 2.27. The van der Waals surface area contributed by atoms with Crippen molar-refractivity contribution in [3.63, 3.8) is 0 Å². The van der Waals surface area contributed by atoms with Crippen molar-refractivity contribution in [3.05, 3.63) is 22.3 Å². The fraction of sp³-hybridized carbons (Fsp3) is 0.571. The van der Waals surface area contributed by atoms with E-state index in [1.807, 2.05) is 0 Å². The van der Waals surface area contributed by atoms with E-state index >= 15 is 0 Å². The molecule has 20 heavy (non-hydrogen) atoms. The second-order valence-electron chi connectivity index (χ2n) is 4.97. The first-order valence-corrected chi connectivity index (χ1v) is 9.87. The Balaban J connectivity index is 3.96. The van der Waals surface area contributed by atoms with Crippen molar-refractivity contribution in [2.45, 2.75) is 51.3 Å². The first-order chi connectivity index (χ1) is 9.01. The van der Waals surface area contributed by atoms with E-state index in [0.717, 1.165) is 0 Å². The van der Waals surface area contributed by atoms with Gasteiger partial charge in [-0.25, -0.2) is 16.8 Å². The molecule has 0 aromatic heterocycles. The van der Waals surface area contributed by atoms with Gasteiger partial charge in [0.2, 0.25) is 0 Å². The number of sulfone groups is 2. The van der Waals surface area contributed by atoms with E-state index in [1.165, 1.54) is 0 Å². The minimum Gasteiger partial charge on any atom is -0.224 e. The molecule has 0 atom stereocenters. The topological polar surface area (TPSA) is 68.3 Å². The Morgan fingerprint density at radius 3 is 0.950 bits per heavy atom. The van der Waals surface area contributed by atoms with Crippen LogP contribution in [-0.2, 0) is 19.7 Å². The molecule has 1 rings (SSSR count). The zero-order valence-corrected chi connectivity index (χ0v) is 14.5. The second-order valence-corrected chi connectivity index (χ2v) is 9.40. The maximum atomic E-state index is 12.2. The van der Waals surface area contributed by atoms with Gasteiger partial charge in [0, 0.05) is 0 Å². The van der Waals surface area contributed by atoms with Gasteiger partial charge in [-0.2, -0.15) is 0 Å². The van der Waals surface area contributed by atoms with Crippen LogP contribution in [0.4, 0.5) is 0 Å². The number of rotatable bonds is 4. The third-order valence-electron chi connectivity index (χ3n) is 3.87. The normalized spacial score (nSPS) is 12.7. The smallest absolute Gasteiger partial charge is 0.178 e. The van der Waals surface area contributed by atoms with Crippen molar-refractivity contribution >= 4 is 19.7 Å². The molecular weight excluding hydrogens is 296 g/mol. The molecule has 114 valence electrons. The summed E-state index contributed by atoms with van der Waals surface area (Å²) in [4.78, 5) is 0.565. The van der Waals surface area contributed by atoms with Gasteiger partial charge in [-0.15, -0.1) is 0 Å². The summed E-state index contributed by atoms with van der Waals surface area (Å²) in [5.74, 6) is 0.0148. The van der Waals surface area contributed by atoms with Crippen LogP contribution in [0.1, 0.15) is 36.1 Å². The van der Waals surface area contributed by atoms with E-state index in [-0.39, 0.29) is 21.3 Å². The molecule has 0 spiro atoms. The van der Waals surface area contributed by atoms with Crippen LogP contribution >= 0.6 is 0 Å². The Morgan fingerprint density at radius 2 is 0.800 bits per heavy atom.